The summed E-state index contributed by atoms with van der Waals surface area (Å²) in [5, 5.41) is 7.99. The minimum Gasteiger partial charge on any atom is -0.353 e. The van der Waals surface area contributed by atoms with Crippen LogP contribution in [0.15, 0.2) is 35.3 Å². The number of nitrogens with one attached hydrogen (secondary N) is 1. The highest BCUT2D eigenvalue weighted by atomic mass is 16.2. The minimum absolute atomic E-state index is 0.00338. The van der Waals surface area contributed by atoms with Crippen molar-refractivity contribution >= 4 is 16.9 Å². The molecular weight excluding hydrogens is 378 g/mol. The molecule has 0 atom stereocenters. The Morgan fingerprint density at radius 2 is 1.80 bits per heavy atom. The van der Waals surface area contributed by atoms with E-state index in [-0.39, 0.29) is 23.9 Å². The fourth-order valence-corrected chi connectivity index (χ4v) is 4.18. The molecule has 3 aromatic rings. The lowest BCUT2D eigenvalue weighted by molar-refractivity contribution is -0.122. The van der Waals surface area contributed by atoms with Crippen LogP contribution in [0.1, 0.15) is 56.3 Å². The van der Waals surface area contributed by atoms with Crippen LogP contribution in [-0.2, 0) is 11.3 Å². The molecule has 2 heterocycles. The highest BCUT2D eigenvalue weighted by Crippen LogP contribution is 2.18. The van der Waals surface area contributed by atoms with Gasteiger partial charge in [0.2, 0.25) is 5.91 Å². The van der Waals surface area contributed by atoms with E-state index in [1.165, 1.54) is 25.7 Å². The Balaban J connectivity index is 1.51. The van der Waals surface area contributed by atoms with Gasteiger partial charge in [-0.15, -0.1) is 0 Å². The van der Waals surface area contributed by atoms with Crippen LogP contribution in [0.25, 0.3) is 16.7 Å². The summed E-state index contributed by atoms with van der Waals surface area (Å²) in [4.78, 5) is 30.1. The molecule has 0 saturated heterocycles. The molecule has 1 amide bonds. The third-order valence-corrected chi connectivity index (χ3v) is 5.94. The number of rotatable bonds is 5. The number of benzene rings is 1. The normalized spacial score (nSPS) is 15.3. The molecule has 0 unspecified atom stereocenters. The molecule has 1 aliphatic carbocycles. The van der Waals surface area contributed by atoms with Crippen molar-refractivity contribution in [2.24, 2.45) is 0 Å². The average Bonchev–Trinajstić information content (AvgIpc) is 2.97. The summed E-state index contributed by atoms with van der Waals surface area (Å²) < 4.78 is 3.27. The first-order valence-electron chi connectivity index (χ1n) is 10.8. The number of fused-ring (bicyclic) bond motifs is 1. The van der Waals surface area contributed by atoms with Gasteiger partial charge in [-0.2, -0.15) is 5.10 Å². The highest BCUT2D eigenvalue weighted by molar-refractivity contribution is 5.77. The number of hydrogen-bond acceptors (Lipinski definition) is 4. The van der Waals surface area contributed by atoms with Crippen molar-refractivity contribution in [3.8, 4) is 5.69 Å². The smallest absolute Gasteiger partial charge is 0.264 e. The van der Waals surface area contributed by atoms with Gasteiger partial charge in [0, 0.05) is 19.0 Å². The van der Waals surface area contributed by atoms with Crippen LogP contribution >= 0.6 is 0 Å². The SMILES string of the molecule is Cc1ccc(-n2ncc3c(=O)n(CCC(=O)NC4CCCCCC4)c(C)nc32)cc1. The molecule has 1 aromatic carbocycles. The number of hydrogen-bond donors (Lipinski definition) is 1. The molecule has 4 rings (SSSR count). The van der Waals surface area contributed by atoms with Crippen LogP contribution in [0, 0.1) is 13.8 Å². The summed E-state index contributed by atoms with van der Waals surface area (Å²) in [5.41, 5.74) is 2.41. The van der Waals surface area contributed by atoms with Gasteiger partial charge in [-0.05, 0) is 38.8 Å². The lowest BCUT2D eigenvalue weighted by atomic mass is 10.1. The van der Waals surface area contributed by atoms with Gasteiger partial charge in [-0.25, -0.2) is 9.67 Å². The first-order chi connectivity index (χ1) is 14.5. The molecule has 0 spiro atoms. The monoisotopic (exact) mass is 407 g/mol. The van der Waals surface area contributed by atoms with E-state index in [9.17, 15) is 9.59 Å². The van der Waals surface area contributed by atoms with Crippen molar-refractivity contribution in [3.05, 3.63) is 52.2 Å². The molecule has 158 valence electrons. The third-order valence-electron chi connectivity index (χ3n) is 5.94. The van der Waals surface area contributed by atoms with E-state index < -0.39 is 0 Å². The summed E-state index contributed by atoms with van der Waals surface area (Å²) >= 11 is 0. The lowest BCUT2D eigenvalue weighted by Crippen LogP contribution is -2.35. The molecule has 1 N–H and O–H groups in total. The first kappa shape index (κ1) is 20.3. The zero-order valence-electron chi connectivity index (χ0n) is 17.7. The van der Waals surface area contributed by atoms with Crippen LogP contribution in [-0.4, -0.2) is 31.3 Å². The Labute approximate surface area is 176 Å². The van der Waals surface area contributed by atoms with Crippen molar-refractivity contribution in [2.45, 2.75) is 71.4 Å². The van der Waals surface area contributed by atoms with Crippen LogP contribution < -0.4 is 10.9 Å². The number of aromatic nitrogens is 4. The number of amides is 1. The molecule has 7 nitrogen and oxygen atoms in total. The molecule has 0 aliphatic heterocycles. The molecule has 1 saturated carbocycles. The number of carbonyl (C=O) groups is 1. The van der Waals surface area contributed by atoms with Crippen molar-refractivity contribution in [3.63, 3.8) is 0 Å². The standard InChI is InChI=1S/C23H29N5O2/c1-16-9-11-19(12-10-16)28-22-20(15-24-28)23(30)27(17(2)25-22)14-13-21(29)26-18-7-5-3-4-6-8-18/h9-12,15,18H,3-8,13-14H2,1-2H3,(H,26,29). The van der Waals surface area contributed by atoms with Crippen LogP contribution in [0.3, 0.4) is 0 Å². The zero-order chi connectivity index (χ0) is 21.1. The molecule has 30 heavy (non-hydrogen) atoms. The Morgan fingerprint density at radius 1 is 1.10 bits per heavy atom. The third kappa shape index (κ3) is 4.30. The van der Waals surface area contributed by atoms with Gasteiger partial charge in [0.05, 0.1) is 11.9 Å². The predicted molar refractivity (Wildman–Crippen MR) is 117 cm³/mol. The molecule has 7 heteroatoms. The molecule has 1 fully saturated rings. The predicted octanol–water partition coefficient (Wildman–Crippen LogP) is 3.43. The van der Waals surface area contributed by atoms with E-state index in [0.29, 0.717) is 23.4 Å². The van der Waals surface area contributed by atoms with Gasteiger partial charge in [0.1, 0.15) is 11.2 Å². The lowest BCUT2D eigenvalue weighted by Gasteiger charge is -2.16. The Bertz CT molecular complexity index is 1090. The van der Waals surface area contributed by atoms with Crippen molar-refractivity contribution in [2.75, 3.05) is 0 Å². The molecule has 0 radical (unpaired) electrons. The van der Waals surface area contributed by atoms with Gasteiger partial charge >= 0.3 is 0 Å². The highest BCUT2D eigenvalue weighted by Gasteiger charge is 2.17. The summed E-state index contributed by atoms with van der Waals surface area (Å²) in [6.07, 6.45) is 8.80. The Kier molecular flexibility index (Phi) is 5.97. The van der Waals surface area contributed by atoms with Gasteiger partial charge < -0.3 is 5.32 Å². The zero-order valence-corrected chi connectivity index (χ0v) is 17.7. The Morgan fingerprint density at radius 3 is 2.50 bits per heavy atom. The van der Waals surface area contributed by atoms with E-state index in [1.807, 2.05) is 31.2 Å². The summed E-state index contributed by atoms with van der Waals surface area (Å²) in [5.74, 6) is 0.590. The van der Waals surface area contributed by atoms with Gasteiger partial charge in [-0.1, -0.05) is 43.4 Å². The van der Waals surface area contributed by atoms with Crippen molar-refractivity contribution < 1.29 is 4.79 Å². The maximum atomic E-state index is 13.0. The van der Waals surface area contributed by atoms with Gasteiger partial charge in [0.25, 0.3) is 5.56 Å². The van der Waals surface area contributed by atoms with Gasteiger partial charge in [-0.3, -0.25) is 14.2 Å². The molecule has 1 aliphatic rings. The quantitative estimate of drug-likeness (QED) is 0.657. The molecule has 2 aromatic heterocycles. The number of carbonyl (C=O) groups excluding carboxylic acids is 1. The number of nitrogens with zero attached hydrogens (tertiary/aromatic N) is 4. The van der Waals surface area contributed by atoms with Crippen LogP contribution in [0.2, 0.25) is 0 Å². The second-order valence-electron chi connectivity index (χ2n) is 8.25. The van der Waals surface area contributed by atoms with E-state index in [1.54, 1.807) is 22.4 Å². The minimum atomic E-state index is -0.155. The van der Waals surface area contributed by atoms with E-state index in [2.05, 4.69) is 15.4 Å². The van der Waals surface area contributed by atoms with E-state index in [0.717, 1.165) is 24.1 Å². The van der Waals surface area contributed by atoms with Crippen molar-refractivity contribution in [1.29, 1.82) is 0 Å². The van der Waals surface area contributed by atoms with E-state index in [4.69, 9.17) is 0 Å². The molecular formula is C23H29N5O2. The van der Waals surface area contributed by atoms with Gasteiger partial charge in [0.15, 0.2) is 5.65 Å². The Hall–Kier alpha value is -2.96. The maximum absolute atomic E-state index is 13.0. The van der Waals surface area contributed by atoms with E-state index >= 15 is 0 Å². The topological polar surface area (TPSA) is 81.8 Å². The first-order valence-corrected chi connectivity index (χ1v) is 10.8. The fourth-order valence-electron chi connectivity index (χ4n) is 4.18. The van der Waals surface area contributed by atoms with Crippen LogP contribution in [0.5, 0.6) is 0 Å². The van der Waals surface area contributed by atoms with Crippen LogP contribution in [0.4, 0.5) is 0 Å². The van der Waals surface area contributed by atoms with Crippen molar-refractivity contribution in [1.82, 2.24) is 24.6 Å². The summed E-state index contributed by atoms with van der Waals surface area (Å²) in [6.45, 7) is 4.15. The fraction of sp³-hybridized carbons (Fsp3) is 0.478. The number of aryl methyl sites for hydroxylation is 2. The summed E-state index contributed by atoms with van der Waals surface area (Å²) in [7, 11) is 0. The second kappa shape index (κ2) is 8.81. The summed E-state index contributed by atoms with van der Waals surface area (Å²) in [6, 6.07) is 8.20. The second-order valence-corrected chi connectivity index (χ2v) is 8.25. The molecule has 0 bridgehead atoms. The maximum Gasteiger partial charge on any atom is 0.264 e. The average molecular weight is 408 g/mol. The largest absolute Gasteiger partial charge is 0.353 e.